The summed E-state index contributed by atoms with van der Waals surface area (Å²) in [7, 11) is 0. The quantitative estimate of drug-likeness (QED) is 0.621. The van der Waals surface area contributed by atoms with Crippen LogP contribution in [0.4, 0.5) is 11.5 Å². The van der Waals surface area contributed by atoms with Crippen molar-refractivity contribution in [3.05, 3.63) is 30.6 Å². The second kappa shape index (κ2) is 3.41. The number of rotatable bonds is 1. The Morgan fingerprint density at radius 1 is 1.06 bits per heavy atom. The summed E-state index contributed by atoms with van der Waals surface area (Å²) in [4.78, 5) is 7.89. The van der Waals surface area contributed by atoms with Crippen molar-refractivity contribution in [3.8, 4) is 5.82 Å². The summed E-state index contributed by atoms with van der Waals surface area (Å²) in [5.74, 6) is 0.667. The van der Waals surface area contributed by atoms with Crippen molar-refractivity contribution in [2.75, 3.05) is 11.5 Å². The predicted molar refractivity (Wildman–Crippen MR) is 63.3 cm³/mol. The van der Waals surface area contributed by atoms with Crippen LogP contribution < -0.4 is 11.5 Å². The third-order valence-corrected chi connectivity index (χ3v) is 2.45. The summed E-state index contributed by atoms with van der Waals surface area (Å²) in [5.41, 5.74) is 13.3. The van der Waals surface area contributed by atoms with Gasteiger partial charge in [-0.05, 0) is 12.1 Å². The molecule has 3 rings (SSSR count). The fourth-order valence-electron chi connectivity index (χ4n) is 1.59. The normalized spacial score (nSPS) is 10.8. The van der Waals surface area contributed by atoms with Gasteiger partial charge in [-0.1, -0.05) is 17.3 Å². The third kappa shape index (κ3) is 1.36. The number of nitrogen functional groups attached to an aromatic ring is 2. The lowest BCUT2D eigenvalue weighted by Gasteiger charge is -2.05. The van der Waals surface area contributed by atoms with Crippen molar-refractivity contribution in [2.45, 2.75) is 0 Å². The van der Waals surface area contributed by atoms with Gasteiger partial charge in [0.1, 0.15) is 17.5 Å². The van der Waals surface area contributed by atoms with Gasteiger partial charge in [0.2, 0.25) is 0 Å². The molecule has 0 fully saturated rings. The molecule has 0 unspecified atom stereocenters. The molecule has 0 aliphatic rings. The van der Waals surface area contributed by atoms with Gasteiger partial charge >= 0.3 is 0 Å². The Morgan fingerprint density at radius 2 is 1.88 bits per heavy atom. The van der Waals surface area contributed by atoms with Crippen LogP contribution in [0.3, 0.4) is 0 Å². The highest BCUT2D eigenvalue weighted by molar-refractivity contribution is 5.78. The first-order valence-corrected chi connectivity index (χ1v) is 4.94. The number of anilines is 2. The van der Waals surface area contributed by atoms with Gasteiger partial charge in [-0.25, -0.2) is 9.97 Å². The summed E-state index contributed by atoms with van der Waals surface area (Å²) in [6.45, 7) is 0. The molecule has 7 nitrogen and oxygen atoms in total. The standard InChI is InChI=1S/C10H9N7/c11-8-9(12)13-5-14-10(8)17-7-4-2-1-3-6(7)15-16-17/h1-5H,11H2,(H2,12,13,14). The molecule has 2 heterocycles. The molecular weight excluding hydrogens is 218 g/mol. The summed E-state index contributed by atoms with van der Waals surface area (Å²) in [5, 5.41) is 8.03. The number of aromatic nitrogens is 5. The number of nitrogens with zero attached hydrogens (tertiary/aromatic N) is 5. The first-order valence-electron chi connectivity index (χ1n) is 4.94. The van der Waals surface area contributed by atoms with Crippen LogP contribution in [-0.2, 0) is 0 Å². The van der Waals surface area contributed by atoms with E-state index >= 15 is 0 Å². The van der Waals surface area contributed by atoms with Crippen molar-refractivity contribution in [1.82, 2.24) is 25.0 Å². The highest BCUT2D eigenvalue weighted by atomic mass is 15.4. The fourth-order valence-corrected chi connectivity index (χ4v) is 1.59. The minimum atomic E-state index is 0.231. The first kappa shape index (κ1) is 9.52. The molecule has 0 radical (unpaired) electrons. The lowest BCUT2D eigenvalue weighted by Crippen LogP contribution is -2.08. The van der Waals surface area contributed by atoms with Crippen LogP contribution in [0, 0.1) is 0 Å². The van der Waals surface area contributed by atoms with E-state index in [-0.39, 0.29) is 5.82 Å². The van der Waals surface area contributed by atoms with Gasteiger partial charge in [0.05, 0.1) is 5.52 Å². The molecule has 7 heteroatoms. The van der Waals surface area contributed by atoms with Gasteiger partial charge in [-0.3, -0.25) is 0 Å². The van der Waals surface area contributed by atoms with Crippen LogP contribution in [0.15, 0.2) is 30.6 Å². The average Bonchev–Trinajstić information content (AvgIpc) is 2.77. The molecule has 4 N–H and O–H groups in total. The Balaban J connectivity index is 2.31. The molecule has 0 aliphatic carbocycles. The van der Waals surface area contributed by atoms with E-state index in [1.807, 2.05) is 24.3 Å². The average molecular weight is 227 g/mol. The van der Waals surface area contributed by atoms with E-state index in [4.69, 9.17) is 11.5 Å². The van der Waals surface area contributed by atoms with E-state index in [9.17, 15) is 0 Å². The van der Waals surface area contributed by atoms with Gasteiger partial charge in [-0.2, -0.15) is 4.68 Å². The molecule has 84 valence electrons. The van der Waals surface area contributed by atoms with Gasteiger partial charge in [0.15, 0.2) is 11.6 Å². The van der Waals surface area contributed by atoms with Crippen LogP contribution in [0.5, 0.6) is 0 Å². The van der Waals surface area contributed by atoms with E-state index in [1.165, 1.54) is 6.33 Å². The van der Waals surface area contributed by atoms with Gasteiger partial charge in [-0.15, -0.1) is 5.10 Å². The summed E-state index contributed by atoms with van der Waals surface area (Å²) in [6, 6.07) is 7.52. The first-order chi connectivity index (χ1) is 8.27. The molecule has 0 saturated carbocycles. The number of hydrogen-bond acceptors (Lipinski definition) is 6. The van der Waals surface area contributed by atoms with Crippen LogP contribution in [0.25, 0.3) is 16.9 Å². The van der Waals surface area contributed by atoms with Crippen molar-refractivity contribution in [1.29, 1.82) is 0 Å². The van der Waals surface area contributed by atoms with E-state index in [2.05, 4.69) is 20.3 Å². The Morgan fingerprint density at radius 3 is 2.76 bits per heavy atom. The predicted octanol–water partition coefficient (Wildman–Crippen LogP) is 0.375. The second-order valence-electron chi connectivity index (χ2n) is 3.49. The van der Waals surface area contributed by atoms with E-state index in [0.717, 1.165) is 11.0 Å². The lowest BCUT2D eigenvalue weighted by atomic mass is 10.3. The Kier molecular flexibility index (Phi) is 1.91. The highest BCUT2D eigenvalue weighted by Gasteiger charge is 2.11. The van der Waals surface area contributed by atoms with Crippen LogP contribution in [0.2, 0.25) is 0 Å². The van der Waals surface area contributed by atoms with Crippen molar-refractivity contribution >= 4 is 22.5 Å². The Bertz CT molecular complexity index is 688. The number of hydrogen-bond donors (Lipinski definition) is 2. The zero-order valence-corrected chi connectivity index (χ0v) is 8.78. The SMILES string of the molecule is Nc1ncnc(-n2nnc3ccccc32)c1N. The maximum absolute atomic E-state index is 5.83. The zero-order chi connectivity index (χ0) is 11.8. The smallest absolute Gasteiger partial charge is 0.184 e. The van der Waals surface area contributed by atoms with E-state index in [0.29, 0.717) is 11.5 Å². The van der Waals surface area contributed by atoms with Crippen molar-refractivity contribution in [2.24, 2.45) is 0 Å². The molecule has 17 heavy (non-hydrogen) atoms. The molecule has 0 bridgehead atoms. The Hall–Kier alpha value is -2.70. The largest absolute Gasteiger partial charge is 0.393 e. The molecular formula is C10H9N7. The van der Waals surface area contributed by atoms with Crippen molar-refractivity contribution in [3.63, 3.8) is 0 Å². The van der Waals surface area contributed by atoms with Crippen LogP contribution in [0.1, 0.15) is 0 Å². The van der Waals surface area contributed by atoms with Crippen LogP contribution in [-0.4, -0.2) is 25.0 Å². The second-order valence-corrected chi connectivity index (χ2v) is 3.49. The molecule has 0 saturated heterocycles. The molecule has 0 amide bonds. The lowest BCUT2D eigenvalue weighted by molar-refractivity contribution is 0.800. The molecule has 0 atom stereocenters. The summed E-state index contributed by atoms with van der Waals surface area (Å²) >= 11 is 0. The number of nitrogens with two attached hydrogens (primary N) is 2. The number of para-hydroxylation sites is 1. The monoisotopic (exact) mass is 227 g/mol. The summed E-state index contributed by atoms with van der Waals surface area (Å²) < 4.78 is 1.54. The molecule has 2 aromatic heterocycles. The molecule has 0 aliphatic heterocycles. The Labute approximate surface area is 96.1 Å². The fraction of sp³-hybridized carbons (Fsp3) is 0. The summed E-state index contributed by atoms with van der Waals surface area (Å²) in [6.07, 6.45) is 1.34. The maximum Gasteiger partial charge on any atom is 0.184 e. The zero-order valence-electron chi connectivity index (χ0n) is 8.78. The minimum Gasteiger partial charge on any atom is -0.393 e. The maximum atomic E-state index is 5.83. The van der Waals surface area contributed by atoms with Gasteiger partial charge in [0, 0.05) is 0 Å². The molecule has 3 aromatic rings. The van der Waals surface area contributed by atoms with Gasteiger partial charge < -0.3 is 11.5 Å². The number of benzene rings is 1. The topological polar surface area (TPSA) is 109 Å². The van der Waals surface area contributed by atoms with E-state index < -0.39 is 0 Å². The molecule has 0 spiro atoms. The third-order valence-electron chi connectivity index (χ3n) is 2.45. The minimum absolute atomic E-state index is 0.231. The van der Waals surface area contributed by atoms with Gasteiger partial charge in [0.25, 0.3) is 0 Å². The van der Waals surface area contributed by atoms with Crippen molar-refractivity contribution < 1.29 is 0 Å². The number of fused-ring (bicyclic) bond motifs is 1. The van der Waals surface area contributed by atoms with E-state index in [1.54, 1.807) is 4.68 Å². The highest BCUT2D eigenvalue weighted by Crippen LogP contribution is 2.21. The molecule has 1 aromatic carbocycles. The van der Waals surface area contributed by atoms with Crippen LogP contribution >= 0.6 is 0 Å².